The SMILES string of the molecule is Cn1cc(COc2ccccc2CCN)cn1. The van der Waals surface area contributed by atoms with E-state index in [4.69, 9.17) is 10.5 Å². The summed E-state index contributed by atoms with van der Waals surface area (Å²) < 4.78 is 7.55. The maximum atomic E-state index is 5.78. The molecular formula is C13H17N3O. The second kappa shape index (κ2) is 5.50. The second-order valence-electron chi connectivity index (χ2n) is 3.96. The van der Waals surface area contributed by atoms with Crippen molar-refractivity contribution >= 4 is 0 Å². The summed E-state index contributed by atoms with van der Waals surface area (Å²) in [5.74, 6) is 0.904. The van der Waals surface area contributed by atoms with Crippen molar-refractivity contribution in [3.8, 4) is 5.75 Å². The molecule has 0 bridgehead atoms. The van der Waals surface area contributed by atoms with Gasteiger partial charge < -0.3 is 10.5 Å². The highest BCUT2D eigenvalue weighted by Gasteiger charge is 2.03. The summed E-state index contributed by atoms with van der Waals surface area (Å²) in [6.07, 6.45) is 4.60. The Kier molecular flexibility index (Phi) is 3.77. The van der Waals surface area contributed by atoms with Crippen LogP contribution in [0.1, 0.15) is 11.1 Å². The van der Waals surface area contributed by atoms with Crippen molar-refractivity contribution in [1.29, 1.82) is 0 Å². The smallest absolute Gasteiger partial charge is 0.123 e. The standard InChI is InChI=1S/C13H17N3O/c1-16-9-11(8-15-16)10-17-13-5-3-2-4-12(13)6-7-14/h2-5,8-9H,6-7,10,14H2,1H3. The van der Waals surface area contributed by atoms with Gasteiger partial charge in [-0.15, -0.1) is 0 Å². The third-order valence-corrected chi connectivity index (χ3v) is 2.54. The molecule has 0 saturated carbocycles. The second-order valence-corrected chi connectivity index (χ2v) is 3.96. The summed E-state index contributed by atoms with van der Waals surface area (Å²) in [6, 6.07) is 7.99. The molecule has 0 saturated heterocycles. The molecule has 2 aromatic rings. The van der Waals surface area contributed by atoms with Gasteiger partial charge in [-0.1, -0.05) is 18.2 Å². The number of ether oxygens (including phenoxy) is 1. The Balaban J connectivity index is 2.03. The van der Waals surface area contributed by atoms with Crippen LogP contribution in [0.3, 0.4) is 0 Å². The molecule has 0 amide bonds. The Bertz CT molecular complexity index is 479. The molecule has 2 rings (SSSR count). The van der Waals surface area contributed by atoms with Crippen LogP contribution in [-0.4, -0.2) is 16.3 Å². The van der Waals surface area contributed by atoms with Crippen LogP contribution in [0.15, 0.2) is 36.7 Å². The zero-order valence-corrected chi connectivity index (χ0v) is 9.97. The first-order valence-electron chi connectivity index (χ1n) is 5.68. The lowest BCUT2D eigenvalue weighted by atomic mass is 10.1. The molecule has 1 aromatic heterocycles. The Hall–Kier alpha value is -1.81. The Morgan fingerprint density at radius 3 is 2.88 bits per heavy atom. The number of hydrogen-bond acceptors (Lipinski definition) is 3. The third kappa shape index (κ3) is 3.07. The summed E-state index contributed by atoms with van der Waals surface area (Å²) in [7, 11) is 1.89. The molecule has 0 unspecified atom stereocenters. The van der Waals surface area contributed by atoms with E-state index in [1.807, 2.05) is 43.7 Å². The number of para-hydroxylation sites is 1. The summed E-state index contributed by atoms with van der Waals surface area (Å²) in [4.78, 5) is 0. The minimum Gasteiger partial charge on any atom is -0.489 e. The lowest BCUT2D eigenvalue weighted by Crippen LogP contribution is -2.05. The van der Waals surface area contributed by atoms with E-state index in [1.165, 1.54) is 0 Å². The lowest BCUT2D eigenvalue weighted by Gasteiger charge is -2.09. The van der Waals surface area contributed by atoms with Crippen molar-refractivity contribution in [2.45, 2.75) is 13.0 Å². The summed E-state index contributed by atoms with van der Waals surface area (Å²) in [5, 5.41) is 4.10. The van der Waals surface area contributed by atoms with Gasteiger partial charge in [0.25, 0.3) is 0 Å². The fourth-order valence-electron chi connectivity index (χ4n) is 1.71. The van der Waals surface area contributed by atoms with Gasteiger partial charge in [0.1, 0.15) is 12.4 Å². The Morgan fingerprint density at radius 2 is 2.18 bits per heavy atom. The highest BCUT2D eigenvalue weighted by atomic mass is 16.5. The predicted octanol–water partition coefficient (Wildman–Crippen LogP) is 1.50. The largest absolute Gasteiger partial charge is 0.489 e. The molecule has 0 aliphatic carbocycles. The molecule has 1 heterocycles. The van der Waals surface area contributed by atoms with Gasteiger partial charge in [-0.25, -0.2) is 0 Å². The zero-order chi connectivity index (χ0) is 12.1. The number of nitrogens with two attached hydrogens (primary N) is 1. The molecule has 90 valence electrons. The van der Waals surface area contributed by atoms with Crippen molar-refractivity contribution in [1.82, 2.24) is 9.78 Å². The van der Waals surface area contributed by atoms with Crippen LogP contribution in [0.2, 0.25) is 0 Å². The normalized spacial score (nSPS) is 10.5. The molecule has 1 aromatic carbocycles. The molecule has 4 nitrogen and oxygen atoms in total. The van der Waals surface area contributed by atoms with Crippen LogP contribution >= 0.6 is 0 Å². The van der Waals surface area contributed by atoms with Gasteiger partial charge in [0.15, 0.2) is 0 Å². The summed E-state index contributed by atoms with van der Waals surface area (Å²) in [5.41, 5.74) is 7.79. The van der Waals surface area contributed by atoms with E-state index >= 15 is 0 Å². The van der Waals surface area contributed by atoms with Crippen LogP contribution in [-0.2, 0) is 20.1 Å². The lowest BCUT2D eigenvalue weighted by molar-refractivity contribution is 0.303. The predicted molar refractivity (Wildman–Crippen MR) is 66.7 cm³/mol. The molecule has 17 heavy (non-hydrogen) atoms. The van der Waals surface area contributed by atoms with Gasteiger partial charge in [-0.3, -0.25) is 4.68 Å². The number of hydrogen-bond donors (Lipinski definition) is 1. The van der Waals surface area contributed by atoms with Gasteiger partial charge in [0.05, 0.1) is 6.20 Å². The average molecular weight is 231 g/mol. The van der Waals surface area contributed by atoms with E-state index in [2.05, 4.69) is 5.10 Å². The third-order valence-electron chi connectivity index (χ3n) is 2.54. The van der Waals surface area contributed by atoms with E-state index in [9.17, 15) is 0 Å². The zero-order valence-electron chi connectivity index (χ0n) is 9.97. The van der Waals surface area contributed by atoms with Crippen LogP contribution < -0.4 is 10.5 Å². The molecule has 0 fully saturated rings. The van der Waals surface area contributed by atoms with Gasteiger partial charge in [0, 0.05) is 18.8 Å². The minimum atomic E-state index is 0.537. The molecule has 0 spiro atoms. The topological polar surface area (TPSA) is 53.1 Å². The molecular weight excluding hydrogens is 214 g/mol. The summed E-state index contributed by atoms with van der Waals surface area (Å²) >= 11 is 0. The van der Waals surface area contributed by atoms with E-state index in [0.29, 0.717) is 13.2 Å². The van der Waals surface area contributed by atoms with Crippen LogP contribution in [0.5, 0.6) is 5.75 Å². The van der Waals surface area contributed by atoms with Crippen molar-refractivity contribution < 1.29 is 4.74 Å². The molecule has 2 N–H and O–H groups in total. The van der Waals surface area contributed by atoms with Gasteiger partial charge in [-0.05, 0) is 24.6 Å². The maximum Gasteiger partial charge on any atom is 0.123 e. The average Bonchev–Trinajstić information content (AvgIpc) is 2.74. The monoisotopic (exact) mass is 231 g/mol. The number of rotatable bonds is 5. The van der Waals surface area contributed by atoms with Crippen molar-refractivity contribution in [3.63, 3.8) is 0 Å². The molecule has 4 heteroatoms. The quantitative estimate of drug-likeness (QED) is 0.848. The number of aromatic nitrogens is 2. The first kappa shape index (κ1) is 11.7. The first-order valence-corrected chi connectivity index (χ1v) is 5.68. The van der Waals surface area contributed by atoms with Gasteiger partial charge in [-0.2, -0.15) is 5.10 Å². The van der Waals surface area contributed by atoms with Crippen molar-refractivity contribution in [2.75, 3.05) is 6.54 Å². The van der Waals surface area contributed by atoms with E-state index in [1.54, 1.807) is 4.68 Å². The number of aryl methyl sites for hydroxylation is 1. The van der Waals surface area contributed by atoms with E-state index < -0.39 is 0 Å². The summed E-state index contributed by atoms with van der Waals surface area (Å²) in [6.45, 7) is 1.17. The van der Waals surface area contributed by atoms with Crippen LogP contribution in [0.4, 0.5) is 0 Å². The molecule has 0 aliphatic rings. The molecule has 0 aliphatic heterocycles. The minimum absolute atomic E-state index is 0.537. The van der Waals surface area contributed by atoms with Crippen molar-refractivity contribution in [3.05, 3.63) is 47.8 Å². The highest BCUT2D eigenvalue weighted by molar-refractivity contribution is 5.33. The molecule has 0 atom stereocenters. The fourth-order valence-corrected chi connectivity index (χ4v) is 1.71. The fraction of sp³-hybridized carbons (Fsp3) is 0.308. The van der Waals surface area contributed by atoms with E-state index in [0.717, 1.165) is 23.3 Å². The van der Waals surface area contributed by atoms with Crippen LogP contribution in [0.25, 0.3) is 0 Å². The molecule has 0 radical (unpaired) electrons. The Morgan fingerprint density at radius 1 is 1.35 bits per heavy atom. The van der Waals surface area contributed by atoms with Crippen LogP contribution in [0, 0.1) is 0 Å². The maximum absolute atomic E-state index is 5.78. The Labute approximate surface area is 101 Å². The number of nitrogens with zero attached hydrogens (tertiary/aromatic N) is 2. The number of benzene rings is 1. The van der Waals surface area contributed by atoms with E-state index in [-0.39, 0.29) is 0 Å². The highest BCUT2D eigenvalue weighted by Crippen LogP contribution is 2.19. The van der Waals surface area contributed by atoms with Gasteiger partial charge >= 0.3 is 0 Å². The van der Waals surface area contributed by atoms with Crippen molar-refractivity contribution in [2.24, 2.45) is 12.8 Å². The first-order chi connectivity index (χ1) is 8.29. The van der Waals surface area contributed by atoms with Gasteiger partial charge in [0.2, 0.25) is 0 Å².